The number of nitrogens with one attached hydrogen (secondary N) is 1. The summed E-state index contributed by atoms with van der Waals surface area (Å²) < 4.78 is 5.35. The number of nitrogens with zero attached hydrogens (tertiary/aromatic N) is 1. The Labute approximate surface area is 96.6 Å². The molecule has 0 aliphatic rings. The molecule has 0 aliphatic heterocycles. The van der Waals surface area contributed by atoms with E-state index in [9.17, 15) is 0 Å². The van der Waals surface area contributed by atoms with E-state index in [0.717, 1.165) is 29.8 Å². The number of rotatable bonds is 5. The molecule has 0 fully saturated rings. The number of ether oxygens (including phenoxy) is 1. The highest BCUT2D eigenvalue weighted by Gasteiger charge is 1.95. The second-order valence-corrected chi connectivity index (χ2v) is 3.63. The first kappa shape index (κ1) is 10.9. The smallest absolute Gasteiger partial charge is 0.137 e. The van der Waals surface area contributed by atoms with E-state index in [0.29, 0.717) is 6.61 Å². The van der Waals surface area contributed by atoms with Gasteiger partial charge in [0.2, 0.25) is 0 Å². The van der Waals surface area contributed by atoms with Gasteiger partial charge in [-0.1, -0.05) is 13.0 Å². The van der Waals surface area contributed by atoms with Gasteiger partial charge in [0.05, 0.1) is 12.3 Å². The molecule has 0 saturated heterocycles. The number of aromatic amines is 1. The third-order valence-electron chi connectivity index (χ3n) is 2.28. The summed E-state index contributed by atoms with van der Waals surface area (Å²) in [5, 5.41) is 1.14. The van der Waals surface area contributed by atoms with Crippen molar-refractivity contribution < 1.29 is 6.16 Å². The standard InChI is InChI=1S/C13H16N2O.H2/c1-2-9-16-10-3-4-12-6-5-11-7-8-14-13(11)15-12;/h3-8H,2,9-10H2,1H3,(H,14,15);1H/b4-3+;. The summed E-state index contributed by atoms with van der Waals surface area (Å²) in [6.07, 6.45) is 6.93. The lowest BCUT2D eigenvalue weighted by Crippen LogP contribution is -1.91. The van der Waals surface area contributed by atoms with Crippen LogP contribution in [0.3, 0.4) is 0 Å². The average molecular weight is 218 g/mol. The van der Waals surface area contributed by atoms with E-state index in [1.54, 1.807) is 0 Å². The van der Waals surface area contributed by atoms with Gasteiger partial charge in [0.1, 0.15) is 5.65 Å². The molecule has 3 heteroatoms. The lowest BCUT2D eigenvalue weighted by molar-refractivity contribution is 0.163. The topological polar surface area (TPSA) is 37.9 Å². The molecule has 2 rings (SSSR count). The Kier molecular flexibility index (Phi) is 3.72. The minimum atomic E-state index is 0. The fourth-order valence-corrected chi connectivity index (χ4v) is 1.50. The van der Waals surface area contributed by atoms with Gasteiger partial charge in [-0.15, -0.1) is 0 Å². The monoisotopic (exact) mass is 218 g/mol. The highest BCUT2D eigenvalue weighted by Crippen LogP contribution is 2.10. The molecule has 3 nitrogen and oxygen atoms in total. The van der Waals surface area contributed by atoms with Crippen molar-refractivity contribution in [3.05, 3.63) is 36.2 Å². The van der Waals surface area contributed by atoms with Gasteiger partial charge in [-0.3, -0.25) is 0 Å². The molecule has 0 amide bonds. The zero-order valence-electron chi connectivity index (χ0n) is 9.44. The van der Waals surface area contributed by atoms with Crippen molar-refractivity contribution in [1.82, 2.24) is 9.97 Å². The molecule has 2 aromatic rings. The molecule has 0 aliphatic carbocycles. The van der Waals surface area contributed by atoms with E-state index < -0.39 is 0 Å². The number of hydrogen-bond donors (Lipinski definition) is 1. The van der Waals surface area contributed by atoms with Gasteiger partial charge in [-0.25, -0.2) is 4.98 Å². The number of fused-ring (bicyclic) bond motifs is 1. The minimum Gasteiger partial charge on any atom is -0.377 e. The molecule has 1 N–H and O–H groups in total. The van der Waals surface area contributed by atoms with Crippen LogP contribution in [0.25, 0.3) is 17.1 Å². The maximum absolute atomic E-state index is 5.35. The third kappa shape index (κ3) is 2.70. The Balaban J connectivity index is 0.00000144. The summed E-state index contributed by atoms with van der Waals surface area (Å²) in [5.74, 6) is 0. The van der Waals surface area contributed by atoms with Gasteiger partial charge in [0.15, 0.2) is 0 Å². The van der Waals surface area contributed by atoms with E-state index in [1.165, 1.54) is 0 Å². The Morgan fingerprint density at radius 1 is 1.44 bits per heavy atom. The maximum Gasteiger partial charge on any atom is 0.137 e. The second-order valence-electron chi connectivity index (χ2n) is 3.63. The summed E-state index contributed by atoms with van der Waals surface area (Å²) in [6.45, 7) is 3.57. The van der Waals surface area contributed by atoms with Crippen molar-refractivity contribution in [3.63, 3.8) is 0 Å². The Bertz CT molecular complexity index is 479. The van der Waals surface area contributed by atoms with Crippen LogP contribution >= 0.6 is 0 Å². The van der Waals surface area contributed by atoms with E-state index in [1.807, 2.05) is 30.5 Å². The Hall–Kier alpha value is -1.61. The quantitative estimate of drug-likeness (QED) is 0.782. The molecule has 0 aromatic carbocycles. The van der Waals surface area contributed by atoms with Crippen molar-refractivity contribution in [2.75, 3.05) is 13.2 Å². The van der Waals surface area contributed by atoms with Crippen molar-refractivity contribution in [1.29, 1.82) is 0 Å². The molecular formula is C13H18N2O. The maximum atomic E-state index is 5.35. The number of aromatic nitrogens is 2. The summed E-state index contributed by atoms with van der Waals surface area (Å²) >= 11 is 0. The van der Waals surface area contributed by atoms with Crippen LogP contribution in [0, 0.1) is 0 Å². The predicted molar refractivity (Wildman–Crippen MR) is 68.4 cm³/mol. The van der Waals surface area contributed by atoms with Gasteiger partial charge in [0, 0.05) is 19.6 Å². The summed E-state index contributed by atoms with van der Waals surface area (Å²) in [6, 6.07) is 6.08. The average Bonchev–Trinajstić information content (AvgIpc) is 2.76. The predicted octanol–water partition coefficient (Wildman–Crippen LogP) is 3.25. The van der Waals surface area contributed by atoms with Crippen LogP contribution in [-0.2, 0) is 4.74 Å². The molecule has 0 unspecified atom stereocenters. The first-order chi connectivity index (χ1) is 7.90. The van der Waals surface area contributed by atoms with E-state index >= 15 is 0 Å². The fourth-order valence-electron chi connectivity index (χ4n) is 1.50. The Morgan fingerprint density at radius 2 is 2.38 bits per heavy atom. The van der Waals surface area contributed by atoms with Crippen molar-refractivity contribution >= 4 is 17.1 Å². The highest BCUT2D eigenvalue weighted by atomic mass is 16.5. The Morgan fingerprint density at radius 3 is 3.25 bits per heavy atom. The minimum absolute atomic E-state index is 0. The fraction of sp³-hybridized carbons (Fsp3) is 0.308. The summed E-state index contributed by atoms with van der Waals surface area (Å²) in [5.41, 5.74) is 1.88. The molecule has 0 saturated carbocycles. The number of pyridine rings is 1. The molecule has 0 atom stereocenters. The van der Waals surface area contributed by atoms with E-state index in [-0.39, 0.29) is 1.43 Å². The lowest BCUT2D eigenvalue weighted by atomic mass is 10.3. The number of hydrogen-bond acceptors (Lipinski definition) is 2. The molecule has 16 heavy (non-hydrogen) atoms. The van der Waals surface area contributed by atoms with Crippen LogP contribution < -0.4 is 0 Å². The zero-order valence-corrected chi connectivity index (χ0v) is 9.44. The second kappa shape index (κ2) is 5.47. The van der Waals surface area contributed by atoms with Crippen LogP contribution in [0.1, 0.15) is 20.5 Å². The first-order valence-corrected chi connectivity index (χ1v) is 5.58. The van der Waals surface area contributed by atoms with Crippen LogP contribution in [0.5, 0.6) is 0 Å². The lowest BCUT2D eigenvalue weighted by Gasteiger charge is -1.96. The van der Waals surface area contributed by atoms with Gasteiger partial charge in [-0.2, -0.15) is 0 Å². The zero-order chi connectivity index (χ0) is 11.2. The molecular weight excluding hydrogens is 200 g/mol. The summed E-state index contributed by atoms with van der Waals surface area (Å²) in [4.78, 5) is 7.55. The SMILES string of the molecule is CCCOC/C=C/c1ccc2cc[nH]c2n1.[HH]. The van der Waals surface area contributed by atoms with Gasteiger partial charge in [0.25, 0.3) is 0 Å². The van der Waals surface area contributed by atoms with Crippen LogP contribution in [0.15, 0.2) is 30.5 Å². The van der Waals surface area contributed by atoms with Crippen LogP contribution in [-0.4, -0.2) is 23.2 Å². The normalized spacial score (nSPS) is 11.6. The molecule has 86 valence electrons. The number of H-pyrrole nitrogens is 1. The summed E-state index contributed by atoms with van der Waals surface area (Å²) in [7, 11) is 0. The third-order valence-corrected chi connectivity index (χ3v) is 2.28. The molecule has 0 bridgehead atoms. The van der Waals surface area contributed by atoms with E-state index in [2.05, 4.69) is 23.0 Å². The molecule has 0 radical (unpaired) electrons. The van der Waals surface area contributed by atoms with Gasteiger partial charge in [-0.05, 0) is 30.7 Å². The molecule has 0 spiro atoms. The van der Waals surface area contributed by atoms with Crippen molar-refractivity contribution in [2.24, 2.45) is 0 Å². The van der Waals surface area contributed by atoms with Crippen molar-refractivity contribution in [2.45, 2.75) is 13.3 Å². The van der Waals surface area contributed by atoms with Gasteiger partial charge >= 0.3 is 0 Å². The highest BCUT2D eigenvalue weighted by molar-refractivity contribution is 5.76. The van der Waals surface area contributed by atoms with Gasteiger partial charge < -0.3 is 9.72 Å². The largest absolute Gasteiger partial charge is 0.377 e. The molecule has 2 heterocycles. The van der Waals surface area contributed by atoms with Crippen LogP contribution in [0.2, 0.25) is 0 Å². The molecule has 2 aromatic heterocycles. The first-order valence-electron chi connectivity index (χ1n) is 5.58. The van der Waals surface area contributed by atoms with Crippen LogP contribution in [0.4, 0.5) is 0 Å². The van der Waals surface area contributed by atoms with Crippen molar-refractivity contribution in [3.8, 4) is 0 Å². The van der Waals surface area contributed by atoms with E-state index in [4.69, 9.17) is 4.74 Å².